The van der Waals surface area contributed by atoms with Gasteiger partial charge in [-0.3, -0.25) is 10.0 Å². The summed E-state index contributed by atoms with van der Waals surface area (Å²) in [6.07, 6.45) is 0.309. The standard InChI is InChI=1S/C18H17NO7/c20-15(19-25)8-3-9-26-14-7-2-6-13(16(14)18(23)24)11-4-1-5-12(10-11)17(21)22/h1-2,4-7,10,25H,3,8-9H2,(H,19,20)(H,21,22)(H,23,24). The predicted octanol–water partition coefficient (Wildman–Crippen LogP) is 2.41. The summed E-state index contributed by atoms with van der Waals surface area (Å²) in [5.41, 5.74) is 2.21. The van der Waals surface area contributed by atoms with Crippen LogP contribution in [0.5, 0.6) is 5.75 Å². The smallest absolute Gasteiger partial charge is 0.340 e. The topological polar surface area (TPSA) is 133 Å². The van der Waals surface area contributed by atoms with Gasteiger partial charge in [0, 0.05) is 6.42 Å². The Balaban J connectivity index is 2.31. The number of carbonyl (C=O) groups is 3. The Labute approximate surface area is 148 Å². The van der Waals surface area contributed by atoms with E-state index < -0.39 is 17.8 Å². The zero-order valence-electron chi connectivity index (χ0n) is 13.6. The minimum absolute atomic E-state index is 0.0270. The van der Waals surface area contributed by atoms with Crippen LogP contribution in [-0.4, -0.2) is 39.9 Å². The second-order valence-electron chi connectivity index (χ2n) is 5.36. The molecule has 4 N–H and O–H groups in total. The van der Waals surface area contributed by atoms with Crippen molar-refractivity contribution in [3.8, 4) is 16.9 Å². The fourth-order valence-corrected chi connectivity index (χ4v) is 2.40. The first-order chi connectivity index (χ1) is 12.4. The molecule has 0 saturated carbocycles. The van der Waals surface area contributed by atoms with Gasteiger partial charge in [-0.25, -0.2) is 15.1 Å². The number of hydroxylamine groups is 1. The number of nitrogens with one attached hydrogen (secondary N) is 1. The largest absolute Gasteiger partial charge is 0.493 e. The summed E-state index contributed by atoms with van der Waals surface area (Å²) in [7, 11) is 0. The van der Waals surface area contributed by atoms with Crippen molar-refractivity contribution in [3.63, 3.8) is 0 Å². The van der Waals surface area contributed by atoms with E-state index >= 15 is 0 Å². The highest BCUT2D eigenvalue weighted by Crippen LogP contribution is 2.31. The highest BCUT2D eigenvalue weighted by Gasteiger charge is 2.18. The third kappa shape index (κ3) is 4.58. The van der Waals surface area contributed by atoms with E-state index in [1.54, 1.807) is 18.2 Å². The lowest BCUT2D eigenvalue weighted by atomic mass is 9.97. The van der Waals surface area contributed by atoms with Crippen molar-refractivity contribution in [3.05, 3.63) is 53.6 Å². The molecule has 0 heterocycles. The van der Waals surface area contributed by atoms with Gasteiger partial charge < -0.3 is 14.9 Å². The molecule has 26 heavy (non-hydrogen) atoms. The molecule has 2 aromatic rings. The van der Waals surface area contributed by atoms with Crippen molar-refractivity contribution in [2.24, 2.45) is 0 Å². The van der Waals surface area contributed by atoms with Crippen molar-refractivity contribution in [2.75, 3.05) is 6.61 Å². The van der Waals surface area contributed by atoms with E-state index in [1.807, 2.05) is 0 Å². The fourth-order valence-electron chi connectivity index (χ4n) is 2.40. The fraction of sp³-hybridized carbons (Fsp3) is 0.167. The van der Waals surface area contributed by atoms with E-state index in [0.29, 0.717) is 11.1 Å². The van der Waals surface area contributed by atoms with Gasteiger partial charge in [0.1, 0.15) is 11.3 Å². The number of benzene rings is 2. The summed E-state index contributed by atoms with van der Waals surface area (Å²) in [6.45, 7) is 0.0757. The Morgan fingerprint density at radius 2 is 1.73 bits per heavy atom. The SMILES string of the molecule is O=C(CCCOc1cccc(-c2cccc(C(=O)O)c2)c1C(=O)O)NO. The number of aromatic carboxylic acids is 2. The summed E-state index contributed by atoms with van der Waals surface area (Å²) in [6, 6.07) is 10.6. The number of carboxylic acid groups (broad SMARTS) is 2. The van der Waals surface area contributed by atoms with Crippen LogP contribution in [0.3, 0.4) is 0 Å². The van der Waals surface area contributed by atoms with Crippen LogP contribution in [0.25, 0.3) is 11.1 Å². The number of hydrogen-bond donors (Lipinski definition) is 4. The van der Waals surface area contributed by atoms with Crippen LogP contribution in [-0.2, 0) is 4.79 Å². The Hall–Kier alpha value is -3.39. The number of ether oxygens (including phenoxy) is 1. The van der Waals surface area contributed by atoms with E-state index in [2.05, 4.69) is 0 Å². The molecule has 0 radical (unpaired) electrons. The summed E-state index contributed by atoms with van der Waals surface area (Å²) in [5, 5.41) is 27.1. The van der Waals surface area contributed by atoms with Crippen LogP contribution in [0.4, 0.5) is 0 Å². The molecule has 0 atom stereocenters. The highest BCUT2D eigenvalue weighted by atomic mass is 16.5. The van der Waals surface area contributed by atoms with Crippen LogP contribution in [0.1, 0.15) is 33.6 Å². The zero-order valence-corrected chi connectivity index (χ0v) is 13.6. The normalized spacial score (nSPS) is 10.2. The van der Waals surface area contributed by atoms with Crippen LogP contribution in [0.15, 0.2) is 42.5 Å². The minimum atomic E-state index is -1.22. The summed E-state index contributed by atoms with van der Waals surface area (Å²) < 4.78 is 5.47. The first kappa shape index (κ1) is 18.9. The molecule has 0 aliphatic heterocycles. The monoisotopic (exact) mass is 359 g/mol. The van der Waals surface area contributed by atoms with E-state index in [9.17, 15) is 19.5 Å². The first-order valence-corrected chi connectivity index (χ1v) is 7.69. The van der Waals surface area contributed by atoms with E-state index in [0.717, 1.165) is 0 Å². The lowest BCUT2D eigenvalue weighted by molar-refractivity contribution is -0.129. The molecule has 0 saturated heterocycles. The highest BCUT2D eigenvalue weighted by molar-refractivity contribution is 5.99. The van der Waals surface area contributed by atoms with Crippen LogP contribution in [0, 0.1) is 0 Å². The maximum atomic E-state index is 11.7. The van der Waals surface area contributed by atoms with Gasteiger partial charge in [-0.1, -0.05) is 24.3 Å². The molecule has 2 rings (SSSR count). The summed E-state index contributed by atoms with van der Waals surface area (Å²) >= 11 is 0. The third-order valence-electron chi connectivity index (χ3n) is 3.59. The van der Waals surface area contributed by atoms with Gasteiger partial charge in [-0.15, -0.1) is 0 Å². The van der Waals surface area contributed by atoms with Gasteiger partial charge in [0.15, 0.2) is 0 Å². The van der Waals surface area contributed by atoms with Crippen LogP contribution < -0.4 is 10.2 Å². The lowest BCUT2D eigenvalue weighted by Crippen LogP contribution is -2.19. The van der Waals surface area contributed by atoms with Gasteiger partial charge in [-0.05, 0) is 35.7 Å². The second kappa shape index (κ2) is 8.63. The van der Waals surface area contributed by atoms with E-state index in [4.69, 9.17) is 15.1 Å². The molecule has 8 heteroatoms. The zero-order chi connectivity index (χ0) is 19.1. The maximum Gasteiger partial charge on any atom is 0.340 e. The van der Waals surface area contributed by atoms with Gasteiger partial charge in [0.05, 0.1) is 12.2 Å². The van der Waals surface area contributed by atoms with E-state index in [1.165, 1.54) is 29.7 Å². The maximum absolute atomic E-state index is 11.7. The lowest BCUT2D eigenvalue weighted by Gasteiger charge is -2.13. The molecule has 8 nitrogen and oxygen atoms in total. The van der Waals surface area contributed by atoms with Gasteiger partial charge >= 0.3 is 11.9 Å². The number of carbonyl (C=O) groups excluding carboxylic acids is 1. The van der Waals surface area contributed by atoms with Crippen molar-refractivity contribution >= 4 is 17.8 Å². The third-order valence-corrected chi connectivity index (χ3v) is 3.59. The molecule has 0 fully saturated rings. The number of rotatable bonds is 8. The molecule has 2 aromatic carbocycles. The average Bonchev–Trinajstić information content (AvgIpc) is 2.64. The number of hydrogen-bond acceptors (Lipinski definition) is 5. The molecule has 136 valence electrons. The summed E-state index contributed by atoms with van der Waals surface area (Å²) in [4.78, 5) is 33.8. The Morgan fingerprint density at radius 1 is 1.00 bits per heavy atom. The van der Waals surface area contributed by atoms with Gasteiger partial charge in [0.2, 0.25) is 5.91 Å². The summed E-state index contributed by atoms with van der Waals surface area (Å²) in [5.74, 6) is -2.78. The molecular weight excluding hydrogens is 342 g/mol. The van der Waals surface area contributed by atoms with Crippen LogP contribution >= 0.6 is 0 Å². The molecule has 0 aliphatic rings. The Morgan fingerprint density at radius 3 is 2.38 bits per heavy atom. The number of amides is 1. The van der Waals surface area contributed by atoms with Gasteiger partial charge in [-0.2, -0.15) is 0 Å². The first-order valence-electron chi connectivity index (χ1n) is 7.69. The molecule has 0 aliphatic carbocycles. The molecule has 1 amide bonds. The minimum Gasteiger partial charge on any atom is -0.493 e. The Bertz CT molecular complexity index is 832. The molecule has 0 spiro atoms. The van der Waals surface area contributed by atoms with Crippen molar-refractivity contribution in [2.45, 2.75) is 12.8 Å². The molecular formula is C18H17NO7. The van der Waals surface area contributed by atoms with Gasteiger partial charge in [0.25, 0.3) is 0 Å². The molecule has 0 bridgehead atoms. The quantitative estimate of drug-likeness (QED) is 0.323. The van der Waals surface area contributed by atoms with Crippen molar-refractivity contribution in [1.82, 2.24) is 5.48 Å². The molecule has 0 unspecified atom stereocenters. The van der Waals surface area contributed by atoms with Crippen molar-refractivity contribution < 1.29 is 34.5 Å². The molecule has 0 aromatic heterocycles. The number of carboxylic acids is 2. The van der Waals surface area contributed by atoms with Crippen LogP contribution in [0.2, 0.25) is 0 Å². The van der Waals surface area contributed by atoms with Crippen molar-refractivity contribution in [1.29, 1.82) is 0 Å². The predicted molar refractivity (Wildman–Crippen MR) is 90.5 cm³/mol. The second-order valence-corrected chi connectivity index (χ2v) is 5.36. The Kier molecular flexibility index (Phi) is 6.29. The van der Waals surface area contributed by atoms with E-state index in [-0.39, 0.29) is 36.3 Å². The average molecular weight is 359 g/mol.